The number of piperazine rings is 1. The van der Waals surface area contributed by atoms with E-state index in [-0.39, 0.29) is 11.9 Å². The third kappa shape index (κ3) is 5.56. The summed E-state index contributed by atoms with van der Waals surface area (Å²) in [6.07, 6.45) is 0. The molecule has 3 amide bonds. The summed E-state index contributed by atoms with van der Waals surface area (Å²) < 4.78 is 0. The van der Waals surface area contributed by atoms with Crippen molar-refractivity contribution in [3.8, 4) is 0 Å². The fraction of sp³-hybridized carbons (Fsp3) is 0.333. The first-order valence-corrected chi connectivity index (χ1v) is 9.29. The third-order valence-corrected chi connectivity index (χ3v) is 4.68. The summed E-state index contributed by atoms with van der Waals surface area (Å²) in [7, 11) is 0. The summed E-state index contributed by atoms with van der Waals surface area (Å²) >= 11 is 0. The molecule has 0 radical (unpaired) electrons. The lowest BCUT2D eigenvalue weighted by atomic mass is 10.2. The molecule has 27 heavy (non-hydrogen) atoms. The molecule has 2 aromatic rings. The summed E-state index contributed by atoms with van der Waals surface area (Å²) in [5.74, 6) is -0.225. The van der Waals surface area contributed by atoms with Crippen molar-refractivity contribution < 1.29 is 9.59 Å². The van der Waals surface area contributed by atoms with Crippen LogP contribution in [0, 0.1) is 0 Å². The van der Waals surface area contributed by atoms with Gasteiger partial charge in [0.2, 0.25) is 5.91 Å². The molecule has 0 spiro atoms. The number of amides is 3. The van der Waals surface area contributed by atoms with Crippen LogP contribution in [-0.2, 0) is 11.3 Å². The standard InChI is InChI=1S/C21H26N4O2/c1-17(20(26)23-19-10-6-3-7-11-19)22-21(27)25-14-12-24(13-15-25)16-18-8-4-2-5-9-18/h2-11,17H,12-16H2,1H3,(H,22,27)(H,23,26)/t17-/m1/s1. The van der Waals surface area contributed by atoms with Crippen LogP contribution in [-0.4, -0.2) is 54.0 Å². The Morgan fingerprint density at radius 2 is 1.52 bits per heavy atom. The Kier molecular flexibility index (Phi) is 6.44. The Morgan fingerprint density at radius 1 is 0.926 bits per heavy atom. The van der Waals surface area contributed by atoms with Gasteiger partial charge in [-0.05, 0) is 24.6 Å². The molecule has 6 nitrogen and oxygen atoms in total. The molecule has 3 rings (SSSR count). The van der Waals surface area contributed by atoms with Crippen LogP contribution in [0.3, 0.4) is 0 Å². The highest BCUT2D eigenvalue weighted by Crippen LogP contribution is 2.09. The molecule has 0 aliphatic carbocycles. The van der Waals surface area contributed by atoms with Gasteiger partial charge in [0.05, 0.1) is 0 Å². The number of benzene rings is 2. The first-order chi connectivity index (χ1) is 13.1. The van der Waals surface area contributed by atoms with E-state index in [9.17, 15) is 9.59 Å². The van der Waals surface area contributed by atoms with Gasteiger partial charge in [0, 0.05) is 38.4 Å². The summed E-state index contributed by atoms with van der Waals surface area (Å²) in [5.41, 5.74) is 2.00. The molecule has 2 aromatic carbocycles. The molecule has 6 heteroatoms. The van der Waals surface area contributed by atoms with Crippen molar-refractivity contribution in [2.45, 2.75) is 19.5 Å². The summed E-state index contributed by atoms with van der Waals surface area (Å²) in [4.78, 5) is 28.8. The van der Waals surface area contributed by atoms with E-state index in [1.54, 1.807) is 11.8 Å². The van der Waals surface area contributed by atoms with Gasteiger partial charge >= 0.3 is 6.03 Å². The molecule has 0 saturated carbocycles. The highest BCUT2D eigenvalue weighted by atomic mass is 16.2. The van der Waals surface area contributed by atoms with Gasteiger partial charge in [-0.3, -0.25) is 9.69 Å². The SMILES string of the molecule is C[C@@H](NC(=O)N1CCN(Cc2ccccc2)CC1)C(=O)Nc1ccccc1. The van der Waals surface area contributed by atoms with Crippen molar-refractivity contribution in [1.82, 2.24) is 15.1 Å². The summed E-state index contributed by atoms with van der Waals surface area (Å²) in [6, 6.07) is 18.8. The second kappa shape index (κ2) is 9.19. The quantitative estimate of drug-likeness (QED) is 0.855. The molecule has 2 N–H and O–H groups in total. The minimum atomic E-state index is -0.597. The van der Waals surface area contributed by atoms with Crippen LogP contribution >= 0.6 is 0 Å². The molecular weight excluding hydrogens is 340 g/mol. The molecule has 1 fully saturated rings. The first-order valence-electron chi connectivity index (χ1n) is 9.29. The maximum Gasteiger partial charge on any atom is 0.318 e. The van der Waals surface area contributed by atoms with Crippen LogP contribution in [0.2, 0.25) is 0 Å². The normalized spacial score (nSPS) is 15.8. The van der Waals surface area contributed by atoms with E-state index >= 15 is 0 Å². The van der Waals surface area contributed by atoms with Crippen molar-refractivity contribution in [1.29, 1.82) is 0 Å². The number of carbonyl (C=O) groups excluding carboxylic acids is 2. The highest BCUT2D eigenvalue weighted by Gasteiger charge is 2.24. The number of hydrogen-bond acceptors (Lipinski definition) is 3. The Balaban J connectivity index is 1.43. The second-order valence-electron chi connectivity index (χ2n) is 6.78. The number of carbonyl (C=O) groups is 2. The monoisotopic (exact) mass is 366 g/mol. The Hall–Kier alpha value is -2.86. The fourth-order valence-corrected chi connectivity index (χ4v) is 3.06. The number of anilines is 1. The predicted molar refractivity (Wildman–Crippen MR) is 106 cm³/mol. The Morgan fingerprint density at radius 3 is 2.15 bits per heavy atom. The van der Waals surface area contributed by atoms with Crippen molar-refractivity contribution >= 4 is 17.6 Å². The van der Waals surface area contributed by atoms with Gasteiger partial charge < -0.3 is 15.5 Å². The van der Waals surface area contributed by atoms with E-state index in [2.05, 4.69) is 27.7 Å². The van der Waals surface area contributed by atoms with Gasteiger partial charge in [-0.25, -0.2) is 4.79 Å². The van der Waals surface area contributed by atoms with Gasteiger partial charge in [-0.1, -0.05) is 48.5 Å². The van der Waals surface area contributed by atoms with Crippen LogP contribution in [0.5, 0.6) is 0 Å². The maximum atomic E-state index is 12.4. The van der Waals surface area contributed by atoms with Crippen LogP contribution in [0.25, 0.3) is 0 Å². The zero-order chi connectivity index (χ0) is 19.1. The minimum absolute atomic E-state index is 0.190. The number of para-hydroxylation sites is 1. The van der Waals surface area contributed by atoms with Crippen molar-refractivity contribution in [2.24, 2.45) is 0 Å². The molecular formula is C21H26N4O2. The van der Waals surface area contributed by atoms with Crippen molar-refractivity contribution in [3.05, 3.63) is 66.2 Å². The molecule has 1 saturated heterocycles. The molecule has 0 aromatic heterocycles. The van der Waals surface area contributed by atoms with Gasteiger partial charge in [-0.2, -0.15) is 0 Å². The van der Waals surface area contributed by atoms with Gasteiger partial charge in [-0.15, -0.1) is 0 Å². The topological polar surface area (TPSA) is 64.7 Å². The van der Waals surface area contributed by atoms with Crippen LogP contribution < -0.4 is 10.6 Å². The van der Waals surface area contributed by atoms with E-state index in [0.29, 0.717) is 13.1 Å². The molecule has 1 atom stereocenters. The molecule has 0 unspecified atom stereocenters. The number of nitrogens with zero attached hydrogens (tertiary/aromatic N) is 2. The number of rotatable bonds is 5. The molecule has 0 bridgehead atoms. The molecule has 1 aliphatic rings. The Labute approximate surface area is 160 Å². The first kappa shape index (κ1) is 18.9. The van der Waals surface area contributed by atoms with E-state index in [0.717, 1.165) is 25.3 Å². The van der Waals surface area contributed by atoms with Crippen LogP contribution in [0.1, 0.15) is 12.5 Å². The maximum absolute atomic E-state index is 12.4. The summed E-state index contributed by atoms with van der Waals surface area (Å²) in [5, 5.41) is 5.59. The number of nitrogens with one attached hydrogen (secondary N) is 2. The predicted octanol–water partition coefficient (Wildman–Crippen LogP) is 2.54. The van der Waals surface area contributed by atoms with Gasteiger partial charge in [0.15, 0.2) is 0 Å². The Bertz CT molecular complexity index is 743. The molecule has 1 heterocycles. The van der Waals surface area contributed by atoms with Crippen molar-refractivity contribution in [3.63, 3.8) is 0 Å². The zero-order valence-corrected chi connectivity index (χ0v) is 15.6. The summed E-state index contributed by atoms with van der Waals surface area (Å²) in [6.45, 7) is 5.56. The van der Waals surface area contributed by atoms with E-state index < -0.39 is 6.04 Å². The van der Waals surface area contributed by atoms with E-state index in [1.807, 2.05) is 48.5 Å². The number of urea groups is 1. The highest BCUT2D eigenvalue weighted by molar-refractivity contribution is 5.96. The van der Waals surface area contributed by atoms with Crippen LogP contribution in [0.15, 0.2) is 60.7 Å². The van der Waals surface area contributed by atoms with Crippen LogP contribution in [0.4, 0.5) is 10.5 Å². The minimum Gasteiger partial charge on any atom is -0.326 e. The smallest absolute Gasteiger partial charge is 0.318 e. The lowest BCUT2D eigenvalue weighted by molar-refractivity contribution is -0.117. The van der Waals surface area contributed by atoms with E-state index in [1.165, 1.54) is 5.56 Å². The zero-order valence-electron chi connectivity index (χ0n) is 15.6. The van der Waals surface area contributed by atoms with Gasteiger partial charge in [0.1, 0.15) is 6.04 Å². The molecule has 1 aliphatic heterocycles. The van der Waals surface area contributed by atoms with Gasteiger partial charge in [0.25, 0.3) is 0 Å². The third-order valence-electron chi connectivity index (χ3n) is 4.68. The lowest BCUT2D eigenvalue weighted by Gasteiger charge is -2.35. The van der Waals surface area contributed by atoms with Crippen molar-refractivity contribution in [2.75, 3.05) is 31.5 Å². The second-order valence-corrected chi connectivity index (χ2v) is 6.78. The lowest BCUT2D eigenvalue weighted by Crippen LogP contribution is -2.54. The fourth-order valence-electron chi connectivity index (χ4n) is 3.06. The average molecular weight is 366 g/mol. The number of hydrogen-bond donors (Lipinski definition) is 2. The molecule has 142 valence electrons. The van der Waals surface area contributed by atoms with E-state index in [4.69, 9.17) is 0 Å². The largest absolute Gasteiger partial charge is 0.326 e. The average Bonchev–Trinajstić information content (AvgIpc) is 2.70.